The number of primary amides is 2. The van der Waals surface area contributed by atoms with Gasteiger partial charge in [0.05, 0.1) is 35.1 Å². The summed E-state index contributed by atoms with van der Waals surface area (Å²) in [6.45, 7) is 17.1. The number of ether oxygens (including phenoxy) is 1. The van der Waals surface area contributed by atoms with E-state index in [-0.39, 0.29) is 54.2 Å². The summed E-state index contributed by atoms with van der Waals surface area (Å²) < 4.78 is 13.0. The lowest BCUT2D eigenvalue weighted by Gasteiger charge is -2.46. The summed E-state index contributed by atoms with van der Waals surface area (Å²) in [7, 11) is 0. The Balaban J connectivity index is 1.20. The summed E-state index contributed by atoms with van der Waals surface area (Å²) >= 11 is 0. The van der Waals surface area contributed by atoms with Gasteiger partial charge in [0.1, 0.15) is 28.2 Å². The molecular weight excluding hydrogens is 863 g/mol. The van der Waals surface area contributed by atoms with Crippen LogP contribution in [0.1, 0.15) is 94.1 Å². The number of hydrogen-bond donors (Lipinski definition) is 5. The van der Waals surface area contributed by atoms with E-state index in [2.05, 4.69) is 35.7 Å². The maximum atomic E-state index is 13.9. The summed E-state index contributed by atoms with van der Waals surface area (Å²) in [5.74, 6) is -1.64. The van der Waals surface area contributed by atoms with Crippen molar-refractivity contribution in [1.29, 1.82) is 0 Å². The molecule has 6 heterocycles. The van der Waals surface area contributed by atoms with Crippen molar-refractivity contribution in [1.82, 2.24) is 53.4 Å². The molecule has 5 aromatic heterocycles. The van der Waals surface area contributed by atoms with Crippen molar-refractivity contribution in [2.45, 2.75) is 87.1 Å². The lowest BCUT2D eigenvalue weighted by atomic mass is 9.84. The molecule has 1 fully saturated rings. The SMILES string of the molecule is CCn1nc(C)cc1C(=O)Nc1nc2cc(C(N)=O)cnc2n1CC=CCn1c(NC(=O)c2cc(C)nn2CC)nc2cc(C(N)=O)cc(OCCCN3CCN(C(=O)O)C(C(C)(C)C)C3)c21. The van der Waals surface area contributed by atoms with Crippen LogP contribution in [-0.2, 0) is 26.2 Å². The van der Waals surface area contributed by atoms with Crippen LogP contribution in [-0.4, -0.2) is 127 Å². The lowest BCUT2D eigenvalue weighted by Crippen LogP contribution is -2.59. The second kappa shape index (κ2) is 19.5. The number of carbonyl (C=O) groups excluding carboxylic acids is 4. The average molecular weight is 920 g/mol. The molecular formula is C45H57N15O7. The van der Waals surface area contributed by atoms with Gasteiger partial charge < -0.3 is 30.8 Å². The first-order valence-corrected chi connectivity index (χ1v) is 22.1. The quantitative estimate of drug-likeness (QED) is 0.0632. The van der Waals surface area contributed by atoms with Crippen LogP contribution in [0.3, 0.4) is 0 Å². The number of allylic oxidation sites excluding steroid dienone is 2. The predicted octanol–water partition coefficient (Wildman–Crippen LogP) is 4.27. The van der Waals surface area contributed by atoms with Crippen LogP contribution >= 0.6 is 0 Å². The first-order valence-electron chi connectivity index (χ1n) is 22.1. The van der Waals surface area contributed by atoms with Gasteiger partial charge >= 0.3 is 6.09 Å². The van der Waals surface area contributed by atoms with Crippen LogP contribution in [0, 0.1) is 19.3 Å². The summed E-state index contributed by atoms with van der Waals surface area (Å²) in [6, 6.07) is 7.77. The fraction of sp³-hybridized carbons (Fsp3) is 0.422. The standard InChI is InChI=1S/C45H57N15O7/c1-8-59-32(19-26(3)53-59)40(63)51-42-49-30-21-28(37(46)61)23-34(67-18-12-13-55-16-17-56(44(65)66)35(25-55)45(5,6)7)36(30)57(42)14-10-11-15-58-39-31(22-29(24-48-39)38(47)62)50-43(58)52-41(64)33-20-27(4)54-60(33)9-2/h10-11,19-24,35H,8-9,12-18,25H2,1-7H3,(H2,46,61)(H2,47,62)(H,65,66)(H,49,51,63)(H,50,52,64). The van der Waals surface area contributed by atoms with Crippen molar-refractivity contribution in [2.24, 2.45) is 16.9 Å². The molecule has 1 saturated heterocycles. The molecule has 0 bridgehead atoms. The number of rotatable bonds is 17. The maximum absolute atomic E-state index is 13.9. The number of benzene rings is 1. The van der Waals surface area contributed by atoms with Gasteiger partial charge in [-0.2, -0.15) is 10.2 Å². The Bertz CT molecular complexity index is 2900. The topological polar surface area (TPSA) is 282 Å². The Hall–Kier alpha value is -7.62. The molecule has 5 amide bonds. The number of amides is 5. The maximum Gasteiger partial charge on any atom is 0.407 e. The summed E-state index contributed by atoms with van der Waals surface area (Å²) in [5, 5.41) is 24.5. The normalized spacial score (nSPS) is 14.6. The Morgan fingerprint density at radius 1 is 0.806 bits per heavy atom. The van der Waals surface area contributed by atoms with Gasteiger partial charge in [-0.15, -0.1) is 0 Å². The van der Waals surface area contributed by atoms with E-state index < -0.39 is 29.7 Å². The highest BCUT2D eigenvalue weighted by molar-refractivity contribution is 6.05. The Morgan fingerprint density at radius 3 is 1.94 bits per heavy atom. The van der Waals surface area contributed by atoms with Crippen molar-refractivity contribution >= 4 is 63.8 Å². The third kappa shape index (κ3) is 10.3. The molecule has 7 rings (SSSR count). The van der Waals surface area contributed by atoms with Crippen LogP contribution in [0.2, 0.25) is 0 Å². The Morgan fingerprint density at radius 2 is 1.37 bits per heavy atom. The highest BCUT2D eigenvalue weighted by Crippen LogP contribution is 2.32. The van der Waals surface area contributed by atoms with Gasteiger partial charge in [0.2, 0.25) is 23.7 Å². The van der Waals surface area contributed by atoms with E-state index in [9.17, 15) is 29.1 Å². The third-order valence-electron chi connectivity index (χ3n) is 11.6. The smallest absolute Gasteiger partial charge is 0.407 e. The lowest BCUT2D eigenvalue weighted by molar-refractivity contribution is 0.0203. The molecule has 1 unspecified atom stereocenters. The van der Waals surface area contributed by atoms with E-state index in [0.717, 1.165) is 0 Å². The van der Waals surface area contributed by atoms with Crippen LogP contribution in [0.4, 0.5) is 16.7 Å². The number of carbonyl (C=O) groups is 5. The number of nitrogens with one attached hydrogen (secondary N) is 2. The van der Waals surface area contributed by atoms with Gasteiger partial charge in [-0.05, 0) is 69.9 Å². The molecule has 354 valence electrons. The number of fused-ring (bicyclic) bond motifs is 2. The van der Waals surface area contributed by atoms with Crippen molar-refractivity contribution in [3.8, 4) is 5.75 Å². The number of piperazine rings is 1. The number of hydrogen-bond acceptors (Lipinski definition) is 12. The molecule has 0 saturated carbocycles. The predicted molar refractivity (Wildman–Crippen MR) is 249 cm³/mol. The minimum absolute atomic E-state index is 0.134. The van der Waals surface area contributed by atoms with E-state index in [1.807, 2.05) is 46.8 Å². The number of aromatic nitrogens is 9. The fourth-order valence-corrected chi connectivity index (χ4v) is 8.28. The van der Waals surface area contributed by atoms with E-state index in [4.69, 9.17) is 21.2 Å². The van der Waals surface area contributed by atoms with Gasteiger partial charge in [-0.1, -0.05) is 32.9 Å². The van der Waals surface area contributed by atoms with Gasteiger partial charge in [0.25, 0.3) is 11.8 Å². The average Bonchev–Trinajstić information content (AvgIpc) is 4.05. The van der Waals surface area contributed by atoms with Crippen LogP contribution in [0.25, 0.3) is 22.2 Å². The van der Waals surface area contributed by atoms with E-state index in [1.165, 1.54) is 17.2 Å². The number of nitrogens with two attached hydrogens (primary N) is 2. The molecule has 22 heteroatoms. The molecule has 6 aromatic rings. The number of imidazole rings is 2. The zero-order valence-corrected chi connectivity index (χ0v) is 38.7. The second-order valence-electron chi connectivity index (χ2n) is 17.4. The number of anilines is 2. The second-order valence-corrected chi connectivity index (χ2v) is 17.4. The monoisotopic (exact) mass is 919 g/mol. The van der Waals surface area contributed by atoms with Crippen molar-refractivity contribution in [2.75, 3.05) is 43.4 Å². The zero-order chi connectivity index (χ0) is 48.3. The number of carboxylic acid groups (broad SMARTS) is 1. The molecule has 22 nitrogen and oxygen atoms in total. The van der Waals surface area contributed by atoms with Crippen molar-refractivity contribution in [3.05, 3.63) is 82.6 Å². The van der Waals surface area contributed by atoms with E-state index in [0.29, 0.717) is 96.4 Å². The van der Waals surface area contributed by atoms with E-state index >= 15 is 0 Å². The van der Waals surface area contributed by atoms with Crippen molar-refractivity contribution in [3.63, 3.8) is 0 Å². The molecule has 1 aliphatic rings. The number of pyridine rings is 1. The van der Waals surface area contributed by atoms with Gasteiger partial charge in [-0.25, -0.2) is 19.7 Å². The van der Waals surface area contributed by atoms with Gasteiger partial charge in [-0.3, -0.25) is 48.6 Å². The Labute approximate surface area is 385 Å². The summed E-state index contributed by atoms with van der Waals surface area (Å²) in [6.07, 6.45) is 4.65. The zero-order valence-electron chi connectivity index (χ0n) is 38.7. The van der Waals surface area contributed by atoms with Gasteiger partial charge in [0, 0.05) is 64.1 Å². The van der Waals surface area contributed by atoms with E-state index in [1.54, 1.807) is 56.6 Å². The minimum Gasteiger partial charge on any atom is -0.491 e. The number of nitrogens with zero attached hydrogens (tertiary/aromatic N) is 11. The first kappa shape index (κ1) is 47.3. The summed E-state index contributed by atoms with van der Waals surface area (Å²) in [5.41, 5.74) is 14.9. The Kier molecular flexibility index (Phi) is 13.8. The molecule has 1 aliphatic heterocycles. The van der Waals surface area contributed by atoms with Crippen LogP contribution in [0.5, 0.6) is 5.75 Å². The largest absolute Gasteiger partial charge is 0.491 e. The third-order valence-corrected chi connectivity index (χ3v) is 11.6. The molecule has 0 radical (unpaired) electrons. The van der Waals surface area contributed by atoms with Crippen molar-refractivity contribution < 1.29 is 33.8 Å². The van der Waals surface area contributed by atoms with Gasteiger partial charge in [0.15, 0.2) is 5.65 Å². The minimum atomic E-state index is -0.929. The first-order chi connectivity index (χ1) is 31.9. The highest BCUT2D eigenvalue weighted by atomic mass is 16.5. The summed E-state index contributed by atoms with van der Waals surface area (Å²) in [4.78, 5) is 81.8. The highest BCUT2D eigenvalue weighted by Gasteiger charge is 2.38. The number of aryl methyl sites for hydroxylation is 4. The molecule has 7 N–H and O–H groups in total. The molecule has 0 spiro atoms. The molecule has 67 heavy (non-hydrogen) atoms. The van der Waals surface area contributed by atoms with Crippen LogP contribution in [0.15, 0.2) is 48.7 Å². The fourth-order valence-electron chi connectivity index (χ4n) is 8.28. The van der Waals surface area contributed by atoms with Crippen LogP contribution < -0.4 is 26.8 Å². The molecule has 0 aliphatic carbocycles. The molecule has 1 aromatic carbocycles. The molecule has 1 atom stereocenters.